The van der Waals surface area contributed by atoms with Crippen molar-refractivity contribution >= 4 is 35.3 Å². The summed E-state index contributed by atoms with van der Waals surface area (Å²) in [6, 6.07) is 7.96. The molecule has 0 atom stereocenters. The number of carbonyl (C=O) groups excluding carboxylic acids is 2. The van der Waals surface area contributed by atoms with Gasteiger partial charge in [-0.2, -0.15) is 5.10 Å². The van der Waals surface area contributed by atoms with Crippen molar-refractivity contribution in [1.29, 1.82) is 0 Å². The summed E-state index contributed by atoms with van der Waals surface area (Å²) in [5, 5.41) is 6.38. The Hall–Kier alpha value is -2.80. The molecule has 1 heterocycles. The number of nitrogens with one attached hydrogen (secondary N) is 2. The highest BCUT2D eigenvalue weighted by Crippen LogP contribution is 2.27. The van der Waals surface area contributed by atoms with E-state index in [-0.39, 0.29) is 5.69 Å². The molecule has 2 amide bonds. The molecule has 0 radical (unpaired) electrons. The van der Waals surface area contributed by atoms with Gasteiger partial charge in [0.2, 0.25) is 0 Å². The Bertz CT molecular complexity index is 698. The van der Waals surface area contributed by atoms with Gasteiger partial charge >= 0.3 is 11.8 Å². The second kappa shape index (κ2) is 7.28. The molecule has 2 rings (SSSR count). The zero-order valence-electron chi connectivity index (χ0n) is 11.5. The molecule has 0 saturated carbocycles. The van der Waals surface area contributed by atoms with Crippen LogP contribution in [0.15, 0.2) is 46.1 Å². The van der Waals surface area contributed by atoms with Gasteiger partial charge in [-0.25, -0.2) is 5.43 Å². The van der Waals surface area contributed by atoms with Gasteiger partial charge in [0, 0.05) is 5.02 Å². The Morgan fingerprint density at radius 3 is 2.82 bits per heavy atom. The average Bonchev–Trinajstić information content (AvgIpc) is 3.00. The molecular weight excluding hydrogens is 310 g/mol. The van der Waals surface area contributed by atoms with Crippen LogP contribution in [0.1, 0.15) is 5.76 Å². The molecule has 1 aromatic heterocycles. The van der Waals surface area contributed by atoms with Gasteiger partial charge in [0.1, 0.15) is 11.5 Å². The average molecular weight is 322 g/mol. The van der Waals surface area contributed by atoms with E-state index in [0.29, 0.717) is 16.5 Å². The number of rotatable bonds is 4. The van der Waals surface area contributed by atoms with Crippen LogP contribution < -0.4 is 15.5 Å². The van der Waals surface area contributed by atoms with Gasteiger partial charge < -0.3 is 14.5 Å². The van der Waals surface area contributed by atoms with Crippen LogP contribution in [-0.4, -0.2) is 25.1 Å². The molecule has 1 aromatic carbocycles. The maximum absolute atomic E-state index is 11.8. The van der Waals surface area contributed by atoms with Gasteiger partial charge in [0.05, 0.1) is 25.3 Å². The van der Waals surface area contributed by atoms with Crippen molar-refractivity contribution in [3.8, 4) is 5.75 Å². The fourth-order valence-corrected chi connectivity index (χ4v) is 1.70. The van der Waals surface area contributed by atoms with Gasteiger partial charge in [0.15, 0.2) is 0 Å². The van der Waals surface area contributed by atoms with Crippen LogP contribution in [0.2, 0.25) is 5.02 Å². The van der Waals surface area contributed by atoms with Crippen molar-refractivity contribution in [2.45, 2.75) is 0 Å². The lowest BCUT2D eigenvalue weighted by Gasteiger charge is -2.09. The Labute approximate surface area is 130 Å². The molecule has 0 bridgehead atoms. The number of halogens is 1. The third-order valence-corrected chi connectivity index (χ3v) is 2.75. The molecule has 114 valence electrons. The number of carbonyl (C=O) groups is 2. The summed E-state index contributed by atoms with van der Waals surface area (Å²) in [7, 11) is 1.44. The van der Waals surface area contributed by atoms with Crippen LogP contribution in [0.3, 0.4) is 0 Å². The summed E-state index contributed by atoms with van der Waals surface area (Å²) in [6.07, 6.45) is 2.73. The van der Waals surface area contributed by atoms with Crippen molar-refractivity contribution in [3.05, 3.63) is 47.4 Å². The van der Waals surface area contributed by atoms with Crippen LogP contribution in [0.5, 0.6) is 5.75 Å². The van der Waals surface area contributed by atoms with E-state index >= 15 is 0 Å². The molecule has 2 aromatic rings. The second-order valence-corrected chi connectivity index (χ2v) is 4.45. The van der Waals surface area contributed by atoms with Crippen LogP contribution in [0.25, 0.3) is 0 Å². The fraction of sp³-hybridized carbons (Fsp3) is 0.0714. The summed E-state index contributed by atoms with van der Waals surface area (Å²) >= 11 is 5.84. The maximum atomic E-state index is 11.8. The molecule has 0 unspecified atom stereocenters. The number of hydrogen-bond acceptors (Lipinski definition) is 5. The number of methoxy groups -OCH3 is 1. The van der Waals surface area contributed by atoms with Crippen LogP contribution in [0, 0.1) is 0 Å². The summed E-state index contributed by atoms with van der Waals surface area (Å²) in [4.78, 5) is 23.4. The van der Waals surface area contributed by atoms with Gasteiger partial charge in [0.25, 0.3) is 0 Å². The van der Waals surface area contributed by atoms with Gasteiger partial charge in [-0.05, 0) is 30.3 Å². The lowest BCUT2D eigenvalue weighted by atomic mass is 10.3. The number of amides is 2. The van der Waals surface area contributed by atoms with E-state index in [0.717, 1.165) is 0 Å². The van der Waals surface area contributed by atoms with Gasteiger partial charge in [-0.1, -0.05) is 11.6 Å². The molecule has 0 saturated heterocycles. The first-order chi connectivity index (χ1) is 10.6. The molecule has 0 spiro atoms. The van der Waals surface area contributed by atoms with Crippen molar-refractivity contribution in [2.24, 2.45) is 5.10 Å². The van der Waals surface area contributed by atoms with E-state index in [1.54, 1.807) is 24.3 Å². The van der Waals surface area contributed by atoms with Crippen LogP contribution in [-0.2, 0) is 9.59 Å². The van der Waals surface area contributed by atoms with E-state index in [2.05, 4.69) is 15.8 Å². The Morgan fingerprint density at radius 1 is 1.32 bits per heavy atom. The summed E-state index contributed by atoms with van der Waals surface area (Å²) in [5.41, 5.74) is 2.36. The van der Waals surface area contributed by atoms with E-state index in [1.165, 1.54) is 25.7 Å². The van der Waals surface area contributed by atoms with Crippen molar-refractivity contribution in [3.63, 3.8) is 0 Å². The first kappa shape index (κ1) is 15.6. The van der Waals surface area contributed by atoms with Crippen LogP contribution in [0.4, 0.5) is 5.69 Å². The SMILES string of the molecule is COc1ccc(Cl)cc1NC(=O)C(=O)NN=Cc1ccco1. The molecule has 8 heteroatoms. The van der Waals surface area contributed by atoms with Crippen molar-refractivity contribution < 1.29 is 18.7 Å². The largest absolute Gasteiger partial charge is 0.495 e. The summed E-state index contributed by atoms with van der Waals surface area (Å²) < 4.78 is 10.0. The molecule has 22 heavy (non-hydrogen) atoms. The van der Waals surface area contributed by atoms with E-state index in [4.69, 9.17) is 20.8 Å². The van der Waals surface area contributed by atoms with Crippen molar-refractivity contribution in [1.82, 2.24) is 5.43 Å². The highest BCUT2D eigenvalue weighted by Gasteiger charge is 2.15. The number of nitrogens with zero attached hydrogens (tertiary/aromatic N) is 1. The first-order valence-corrected chi connectivity index (χ1v) is 6.49. The monoisotopic (exact) mass is 321 g/mol. The van der Waals surface area contributed by atoms with Crippen LogP contribution >= 0.6 is 11.6 Å². The van der Waals surface area contributed by atoms with E-state index in [1.807, 2.05) is 0 Å². The maximum Gasteiger partial charge on any atom is 0.329 e. The number of hydrogen-bond donors (Lipinski definition) is 2. The lowest BCUT2D eigenvalue weighted by Crippen LogP contribution is -2.32. The Morgan fingerprint density at radius 2 is 2.14 bits per heavy atom. The summed E-state index contributed by atoms with van der Waals surface area (Å²) in [5.74, 6) is -1.02. The third kappa shape index (κ3) is 4.10. The Balaban J connectivity index is 1.97. The van der Waals surface area contributed by atoms with Crippen molar-refractivity contribution in [2.75, 3.05) is 12.4 Å². The minimum atomic E-state index is -0.940. The highest BCUT2D eigenvalue weighted by atomic mass is 35.5. The summed E-state index contributed by atoms with van der Waals surface area (Å²) in [6.45, 7) is 0. The molecule has 7 nitrogen and oxygen atoms in total. The van der Waals surface area contributed by atoms with Gasteiger partial charge in [-0.15, -0.1) is 0 Å². The molecular formula is C14H12ClN3O4. The standard InChI is InChI=1S/C14H12ClN3O4/c1-21-12-5-4-9(15)7-11(12)17-13(19)14(20)18-16-8-10-3-2-6-22-10/h2-8H,1H3,(H,17,19)(H,18,20). The molecule has 0 aliphatic carbocycles. The zero-order valence-corrected chi connectivity index (χ0v) is 12.3. The number of hydrazone groups is 1. The second-order valence-electron chi connectivity index (χ2n) is 4.01. The normalized spacial score (nSPS) is 10.5. The number of benzene rings is 1. The molecule has 0 fully saturated rings. The topological polar surface area (TPSA) is 92.9 Å². The van der Waals surface area contributed by atoms with E-state index in [9.17, 15) is 9.59 Å². The molecule has 2 N–H and O–H groups in total. The Kier molecular flexibility index (Phi) is 5.16. The fourth-order valence-electron chi connectivity index (χ4n) is 1.53. The lowest BCUT2D eigenvalue weighted by molar-refractivity contribution is -0.136. The predicted molar refractivity (Wildman–Crippen MR) is 81.1 cm³/mol. The molecule has 0 aliphatic rings. The first-order valence-electron chi connectivity index (χ1n) is 6.11. The third-order valence-electron chi connectivity index (χ3n) is 2.52. The number of anilines is 1. The van der Waals surface area contributed by atoms with Gasteiger partial charge in [-0.3, -0.25) is 9.59 Å². The minimum Gasteiger partial charge on any atom is -0.495 e. The number of furan rings is 1. The smallest absolute Gasteiger partial charge is 0.329 e. The minimum absolute atomic E-state index is 0.283. The highest BCUT2D eigenvalue weighted by molar-refractivity contribution is 6.40. The quantitative estimate of drug-likeness (QED) is 0.512. The van der Waals surface area contributed by atoms with E-state index < -0.39 is 11.8 Å². The zero-order chi connectivity index (χ0) is 15.9. The number of ether oxygens (including phenoxy) is 1. The molecule has 0 aliphatic heterocycles. The predicted octanol–water partition coefficient (Wildman–Crippen LogP) is 2.03.